The highest BCUT2D eigenvalue weighted by molar-refractivity contribution is 7.99. The van der Waals surface area contributed by atoms with E-state index in [4.69, 9.17) is 10.0 Å². The van der Waals surface area contributed by atoms with Crippen LogP contribution in [0.1, 0.15) is 26.3 Å². The van der Waals surface area contributed by atoms with Crippen LogP contribution in [0.5, 0.6) is 0 Å². The first kappa shape index (κ1) is 13.5. The van der Waals surface area contributed by atoms with Gasteiger partial charge in [0, 0.05) is 10.5 Å². The Morgan fingerprint density at radius 2 is 1.88 bits per heavy atom. The Hall–Kier alpha value is -0.515. The summed E-state index contributed by atoms with van der Waals surface area (Å²) >= 11 is 1.69. The van der Waals surface area contributed by atoms with Gasteiger partial charge in [-0.2, -0.15) is 11.8 Å². The van der Waals surface area contributed by atoms with Crippen molar-refractivity contribution in [2.45, 2.75) is 31.3 Å². The van der Waals surface area contributed by atoms with Crippen LogP contribution in [0.15, 0.2) is 18.2 Å². The fourth-order valence-corrected chi connectivity index (χ4v) is 1.97. The van der Waals surface area contributed by atoms with Crippen molar-refractivity contribution in [2.24, 2.45) is 0 Å². The lowest BCUT2D eigenvalue weighted by Crippen LogP contribution is -2.30. The topological polar surface area (TPSA) is 40.5 Å². The maximum Gasteiger partial charge on any atom is 0.488 e. The van der Waals surface area contributed by atoms with Gasteiger partial charge in [-0.05, 0) is 23.2 Å². The lowest BCUT2D eigenvalue weighted by molar-refractivity contribution is 0.425. The van der Waals surface area contributed by atoms with E-state index in [2.05, 4.69) is 20.8 Å². The van der Waals surface area contributed by atoms with Crippen molar-refractivity contribution in [3.8, 4) is 0 Å². The van der Waals surface area contributed by atoms with Crippen molar-refractivity contribution in [3.05, 3.63) is 29.6 Å². The molecular weight excluding hydrogens is 226 g/mol. The Balaban J connectivity index is 2.81. The van der Waals surface area contributed by atoms with Crippen molar-refractivity contribution in [2.75, 3.05) is 0 Å². The zero-order valence-corrected chi connectivity index (χ0v) is 10.5. The summed E-state index contributed by atoms with van der Waals surface area (Å²) in [6.07, 6.45) is 0. The molecule has 2 nitrogen and oxygen atoms in total. The molecule has 0 fully saturated rings. The second-order valence-electron chi connectivity index (χ2n) is 4.67. The standard InChI is InChI=1S/C11H16BFO2S/c1-11(2,3)16-7-8-4-9(12(14)15)6-10(13)5-8/h4-6,14-15H,7H2,1-3H3. The predicted octanol–water partition coefficient (Wildman–Crippen LogP) is 1.54. The second-order valence-corrected chi connectivity index (χ2v) is 6.47. The van der Waals surface area contributed by atoms with Crippen LogP contribution in [0.4, 0.5) is 4.39 Å². The molecule has 1 aromatic rings. The third-order valence-electron chi connectivity index (χ3n) is 1.95. The van der Waals surface area contributed by atoms with Crippen molar-refractivity contribution < 1.29 is 14.4 Å². The Labute approximate surface area is 100 Å². The molecule has 0 radical (unpaired) electrons. The van der Waals surface area contributed by atoms with Crippen LogP contribution in [-0.2, 0) is 5.75 Å². The third-order valence-corrected chi connectivity index (χ3v) is 3.29. The first-order valence-corrected chi connectivity index (χ1v) is 6.06. The normalized spacial score (nSPS) is 11.6. The Bertz CT molecular complexity index is 363. The first-order chi connectivity index (χ1) is 7.28. The lowest BCUT2D eigenvalue weighted by Gasteiger charge is -2.17. The molecule has 5 heteroatoms. The minimum atomic E-state index is -1.62. The summed E-state index contributed by atoms with van der Waals surface area (Å²) in [5.41, 5.74) is 0.965. The monoisotopic (exact) mass is 242 g/mol. The van der Waals surface area contributed by atoms with Gasteiger partial charge in [0.15, 0.2) is 0 Å². The largest absolute Gasteiger partial charge is 0.488 e. The average molecular weight is 242 g/mol. The summed E-state index contributed by atoms with van der Waals surface area (Å²) in [7, 11) is -1.62. The van der Waals surface area contributed by atoms with Gasteiger partial charge in [-0.25, -0.2) is 4.39 Å². The molecule has 0 saturated heterocycles. The minimum absolute atomic E-state index is 0.101. The van der Waals surface area contributed by atoms with Gasteiger partial charge in [0.1, 0.15) is 5.82 Å². The molecule has 0 aliphatic heterocycles. The van der Waals surface area contributed by atoms with E-state index < -0.39 is 12.9 Å². The van der Waals surface area contributed by atoms with E-state index in [0.29, 0.717) is 5.75 Å². The van der Waals surface area contributed by atoms with Crippen LogP contribution in [0.25, 0.3) is 0 Å². The van der Waals surface area contributed by atoms with Crippen LogP contribution < -0.4 is 5.46 Å². The third kappa shape index (κ3) is 4.55. The smallest absolute Gasteiger partial charge is 0.423 e. The summed E-state index contributed by atoms with van der Waals surface area (Å²) in [4.78, 5) is 0. The minimum Gasteiger partial charge on any atom is -0.423 e. The summed E-state index contributed by atoms with van der Waals surface area (Å²) in [5, 5.41) is 18.0. The Morgan fingerprint density at radius 3 is 2.38 bits per heavy atom. The maximum atomic E-state index is 13.2. The molecule has 0 bridgehead atoms. The highest BCUT2D eigenvalue weighted by Gasteiger charge is 2.15. The molecule has 0 atom stereocenters. The number of rotatable bonds is 3. The van der Waals surface area contributed by atoms with Gasteiger partial charge in [0.25, 0.3) is 0 Å². The maximum absolute atomic E-state index is 13.2. The molecule has 0 unspecified atom stereocenters. The van der Waals surface area contributed by atoms with Crippen molar-refractivity contribution in [1.29, 1.82) is 0 Å². The molecule has 1 rings (SSSR count). The van der Waals surface area contributed by atoms with Gasteiger partial charge >= 0.3 is 7.12 Å². The van der Waals surface area contributed by atoms with Crippen LogP contribution in [-0.4, -0.2) is 21.9 Å². The lowest BCUT2D eigenvalue weighted by atomic mass is 9.79. The van der Waals surface area contributed by atoms with E-state index in [1.54, 1.807) is 17.8 Å². The van der Waals surface area contributed by atoms with E-state index in [0.717, 1.165) is 11.6 Å². The van der Waals surface area contributed by atoms with Crippen LogP contribution in [0, 0.1) is 5.82 Å². The fraction of sp³-hybridized carbons (Fsp3) is 0.455. The molecule has 0 amide bonds. The van der Waals surface area contributed by atoms with Gasteiger partial charge in [-0.15, -0.1) is 0 Å². The van der Waals surface area contributed by atoms with E-state index >= 15 is 0 Å². The Kier molecular flexibility index (Phi) is 4.41. The molecule has 0 aromatic heterocycles. The van der Waals surface area contributed by atoms with Crippen LogP contribution in [0.2, 0.25) is 0 Å². The highest BCUT2D eigenvalue weighted by Crippen LogP contribution is 2.26. The zero-order chi connectivity index (χ0) is 12.3. The first-order valence-electron chi connectivity index (χ1n) is 5.07. The SMILES string of the molecule is CC(C)(C)SCc1cc(F)cc(B(O)O)c1. The zero-order valence-electron chi connectivity index (χ0n) is 9.70. The van der Waals surface area contributed by atoms with Crippen LogP contribution >= 0.6 is 11.8 Å². The quantitative estimate of drug-likeness (QED) is 0.790. The average Bonchev–Trinajstić information content (AvgIpc) is 2.13. The molecule has 0 aliphatic carbocycles. The van der Waals surface area contributed by atoms with Crippen molar-refractivity contribution >= 4 is 24.3 Å². The number of hydrogen-bond donors (Lipinski definition) is 2. The van der Waals surface area contributed by atoms with Gasteiger partial charge in [0.05, 0.1) is 0 Å². The molecule has 0 aliphatic rings. The molecule has 1 aromatic carbocycles. The van der Waals surface area contributed by atoms with E-state index in [9.17, 15) is 4.39 Å². The van der Waals surface area contributed by atoms with E-state index in [1.165, 1.54) is 6.07 Å². The Morgan fingerprint density at radius 1 is 1.25 bits per heavy atom. The van der Waals surface area contributed by atoms with Gasteiger partial charge in [0.2, 0.25) is 0 Å². The van der Waals surface area contributed by atoms with Gasteiger partial charge in [-0.1, -0.05) is 26.8 Å². The molecule has 0 heterocycles. The summed E-state index contributed by atoms with van der Waals surface area (Å²) < 4.78 is 13.3. The van der Waals surface area contributed by atoms with Crippen molar-refractivity contribution in [3.63, 3.8) is 0 Å². The highest BCUT2D eigenvalue weighted by atomic mass is 32.2. The molecule has 0 saturated carbocycles. The number of hydrogen-bond acceptors (Lipinski definition) is 3. The number of benzene rings is 1. The van der Waals surface area contributed by atoms with Crippen LogP contribution in [0.3, 0.4) is 0 Å². The summed E-state index contributed by atoms with van der Waals surface area (Å²) in [6, 6.07) is 4.17. The molecule has 2 N–H and O–H groups in total. The summed E-state index contributed by atoms with van der Waals surface area (Å²) in [5.74, 6) is 0.219. The molecule has 88 valence electrons. The van der Waals surface area contributed by atoms with E-state index in [-0.39, 0.29) is 10.2 Å². The van der Waals surface area contributed by atoms with E-state index in [1.807, 2.05) is 0 Å². The number of halogens is 1. The van der Waals surface area contributed by atoms with Gasteiger partial charge in [-0.3, -0.25) is 0 Å². The number of thioether (sulfide) groups is 1. The summed E-state index contributed by atoms with van der Waals surface area (Å²) in [6.45, 7) is 6.25. The fourth-order valence-electron chi connectivity index (χ4n) is 1.21. The van der Waals surface area contributed by atoms with Gasteiger partial charge < -0.3 is 10.0 Å². The molecule has 0 spiro atoms. The second kappa shape index (κ2) is 5.21. The molecular formula is C11H16BFO2S. The van der Waals surface area contributed by atoms with Crippen molar-refractivity contribution in [1.82, 2.24) is 0 Å². The molecule has 16 heavy (non-hydrogen) atoms. The predicted molar refractivity (Wildman–Crippen MR) is 67.3 cm³/mol.